The van der Waals surface area contributed by atoms with Gasteiger partial charge in [-0.25, -0.2) is 0 Å². The third kappa shape index (κ3) is 4.91. The lowest BCUT2D eigenvalue weighted by Crippen LogP contribution is -2.33. The highest BCUT2D eigenvalue weighted by Gasteiger charge is 2.24. The maximum absolute atomic E-state index is 12.7. The number of hydrogen-bond donors (Lipinski definition) is 0. The van der Waals surface area contributed by atoms with Gasteiger partial charge in [0.25, 0.3) is 0 Å². The van der Waals surface area contributed by atoms with Crippen LogP contribution in [-0.2, 0) is 20.7 Å². The molecule has 1 aliphatic rings. The molecule has 0 radical (unpaired) electrons. The van der Waals surface area contributed by atoms with E-state index in [4.69, 9.17) is 9.47 Å². The fourth-order valence-electron chi connectivity index (χ4n) is 3.16. The molecular formula is C21H25NO3. The van der Waals surface area contributed by atoms with Crippen molar-refractivity contribution >= 4 is 5.91 Å². The van der Waals surface area contributed by atoms with E-state index in [1.165, 1.54) is 5.56 Å². The zero-order valence-electron chi connectivity index (χ0n) is 14.6. The van der Waals surface area contributed by atoms with Gasteiger partial charge in [-0.05, 0) is 17.5 Å². The van der Waals surface area contributed by atoms with Gasteiger partial charge in [0.05, 0.1) is 19.3 Å². The summed E-state index contributed by atoms with van der Waals surface area (Å²) < 4.78 is 10.9. The standard InChI is InChI=1S/C21H25NO3/c1-22(20(23)12-13-21-24-14-15-25-21)19(18-10-6-3-7-11-18)16-17-8-4-2-5-9-17/h2-11,19,21H,12-16H2,1H3/t19-/m0/s1. The van der Waals surface area contributed by atoms with Crippen LogP contribution in [0.5, 0.6) is 0 Å². The van der Waals surface area contributed by atoms with Crippen LogP contribution in [0.15, 0.2) is 60.7 Å². The topological polar surface area (TPSA) is 38.8 Å². The average molecular weight is 339 g/mol. The van der Waals surface area contributed by atoms with Crippen molar-refractivity contribution in [2.45, 2.75) is 31.6 Å². The number of benzene rings is 2. The number of ether oxygens (including phenoxy) is 2. The van der Waals surface area contributed by atoms with Crippen molar-refractivity contribution in [3.05, 3.63) is 71.8 Å². The molecule has 3 rings (SSSR count). The summed E-state index contributed by atoms with van der Waals surface area (Å²) in [5.41, 5.74) is 2.37. The van der Waals surface area contributed by atoms with Crippen molar-refractivity contribution in [1.82, 2.24) is 4.90 Å². The molecule has 1 amide bonds. The van der Waals surface area contributed by atoms with Crippen LogP contribution in [0.4, 0.5) is 0 Å². The van der Waals surface area contributed by atoms with Gasteiger partial charge < -0.3 is 14.4 Å². The molecule has 0 aliphatic carbocycles. The van der Waals surface area contributed by atoms with Crippen molar-refractivity contribution in [3.8, 4) is 0 Å². The molecule has 0 bridgehead atoms. The Morgan fingerprint density at radius 1 is 1.04 bits per heavy atom. The van der Waals surface area contributed by atoms with Gasteiger partial charge in [-0.3, -0.25) is 4.79 Å². The van der Waals surface area contributed by atoms with Gasteiger partial charge in [0.1, 0.15) is 0 Å². The molecule has 1 saturated heterocycles. The van der Waals surface area contributed by atoms with Crippen LogP contribution in [0.2, 0.25) is 0 Å². The molecule has 1 fully saturated rings. The number of carbonyl (C=O) groups excluding carboxylic acids is 1. The van der Waals surface area contributed by atoms with Crippen LogP contribution in [-0.4, -0.2) is 37.4 Å². The van der Waals surface area contributed by atoms with E-state index in [0.29, 0.717) is 26.1 Å². The summed E-state index contributed by atoms with van der Waals surface area (Å²) in [6.07, 6.45) is 1.60. The average Bonchev–Trinajstić information content (AvgIpc) is 3.19. The number of rotatable bonds is 7. The van der Waals surface area contributed by atoms with E-state index in [-0.39, 0.29) is 18.2 Å². The van der Waals surface area contributed by atoms with Gasteiger partial charge >= 0.3 is 0 Å². The molecule has 4 nitrogen and oxygen atoms in total. The van der Waals surface area contributed by atoms with Gasteiger partial charge in [-0.2, -0.15) is 0 Å². The molecule has 1 heterocycles. The number of nitrogens with zero attached hydrogens (tertiary/aromatic N) is 1. The molecular weight excluding hydrogens is 314 g/mol. The van der Waals surface area contributed by atoms with Gasteiger partial charge in [-0.1, -0.05) is 60.7 Å². The monoisotopic (exact) mass is 339 g/mol. The molecule has 2 aromatic carbocycles. The molecule has 0 N–H and O–H groups in total. The van der Waals surface area contributed by atoms with Gasteiger partial charge in [0.15, 0.2) is 6.29 Å². The first-order valence-corrected chi connectivity index (χ1v) is 8.82. The quantitative estimate of drug-likeness (QED) is 0.774. The molecule has 0 unspecified atom stereocenters. The van der Waals surface area contributed by atoms with E-state index in [1.54, 1.807) is 0 Å². The van der Waals surface area contributed by atoms with Crippen LogP contribution < -0.4 is 0 Å². The van der Waals surface area contributed by atoms with Gasteiger partial charge in [-0.15, -0.1) is 0 Å². The van der Waals surface area contributed by atoms with Crippen molar-refractivity contribution in [2.75, 3.05) is 20.3 Å². The summed E-state index contributed by atoms with van der Waals surface area (Å²) in [5, 5.41) is 0. The fraction of sp³-hybridized carbons (Fsp3) is 0.381. The summed E-state index contributed by atoms with van der Waals surface area (Å²) in [4.78, 5) is 14.6. The summed E-state index contributed by atoms with van der Waals surface area (Å²) in [6.45, 7) is 1.24. The minimum absolute atomic E-state index is 0.0153. The molecule has 2 aromatic rings. The van der Waals surface area contributed by atoms with E-state index >= 15 is 0 Å². The summed E-state index contributed by atoms with van der Waals surface area (Å²) in [7, 11) is 1.89. The van der Waals surface area contributed by atoms with Crippen LogP contribution in [0.1, 0.15) is 30.0 Å². The highest BCUT2D eigenvalue weighted by atomic mass is 16.7. The third-order valence-electron chi connectivity index (χ3n) is 4.60. The Morgan fingerprint density at radius 3 is 2.28 bits per heavy atom. The smallest absolute Gasteiger partial charge is 0.223 e. The Morgan fingerprint density at radius 2 is 1.64 bits per heavy atom. The highest BCUT2D eigenvalue weighted by Crippen LogP contribution is 2.25. The predicted molar refractivity (Wildman–Crippen MR) is 97.0 cm³/mol. The summed E-state index contributed by atoms with van der Waals surface area (Å²) in [6, 6.07) is 20.5. The molecule has 0 aromatic heterocycles. The number of likely N-dealkylation sites (N-methyl/N-ethyl adjacent to an activating group) is 1. The van der Waals surface area contributed by atoms with Crippen molar-refractivity contribution in [2.24, 2.45) is 0 Å². The van der Waals surface area contributed by atoms with Gasteiger partial charge in [0, 0.05) is 19.9 Å². The molecule has 1 aliphatic heterocycles. The zero-order chi connectivity index (χ0) is 17.5. The normalized spacial score (nSPS) is 15.9. The number of carbonyl (C=O) groups is 1. The van der Waals surface area contributed by atoms with Gasteiger partial charge in [0.2, 0.25) is 5.91 Å². The SMILES string of the molecule is CN(C(=O)CCC1OCCO1)[C@@H](Cc1ccccc1)c1ccccc1. The minimum atomic E-state index is -0.235. The lowest BCUT2D eigenvalue weighted by Gasteiger charge is -2.29. The first-order valence-electron chi connectivity index (χ1n) is 8.82. The predicted octanol–water partition coefficient (Wildman–Crippen LogP) is 3.58. The first kappa shape index (κ1) is 17.6. The van der Waals surface area contributed by atoms with Crippen molar-refractivity contribution in [3.63, 3.8) is 0 Å². The highest BCUT2D eigenvalue weighted by molar-refractivity contribution is 5.76. The third-order valence-corrected chi connectivity index (χ3v) is 4.60. The Hall–Kier alpha value is -2.17. The van der Waals surface area contributed by atoms with Crippen LogP contribution in [0.3, 0.4) is 0 Å². The van der Waals surface area contributed by atoms with E-state index in [0.717, 1.165) is 12.0 Å². The summed E-state index contributed by atoms with van der Waals surface area (Å²) >= 11 is 0. The Kier molecular flexibility index (Phi) is 6.20. The minimum Gasteiger partial charge on any atom is -0.350 e. The van der Waals surface area contributed by atoms with E-state index in [1.807, 2.05) is 48.3 Å². The first-order chi connectivity index (χ1) is 12.2. The molecule has 132 valence electrons. The number of hydrogen-bond acceptors (Lipinski definition) is 3. The number of amides is 1. The molecule has 25 heavy (non-hydrogen) atoms. The van der Waals surface area contributed by atoms with Crippen molar-refractivity contribution < 1.29 is 14.3 Å². The maximum Gasteiger partial charge on any atom is 0.223 e. The summed E-state index contributed by atoms with van der Waals surface area (Å²) in [5.74, 6) is 0.115. The van der Waals surface area contributed by atoms with Crippen molar-refractivity contribution in [1.29, 1.82) is 0 Å². The fourth-order valence-corrected chi connectivity index (χ4v) is 3.16. The van der Waals surface area contributed by atoms with E-state index in [2.05, 4.69) is 24.3 Å². The lowest BCUT2D eigenvalue weighted by molar-refractivity contribution is -0.134. The Bertz CT molecular complexity index is 653. The zero-order valence-corrected chi connectivity index (χ0v) is 14.6. The molecule has 1 atom stereocenters. The molecule has 4 heteroatoms. The van der Waals surface area contributed by atoms with Crippen LogP contribution in [0.25, 0.3) is 0 Å². The lowest BCUT2D eigenvalue weighted by atomic mass is 9.97. The maximum atomic E-state index is 12.7. The second-order valence-corrected chi connectivity index (χ2v) is 6.33. The van der Waals surface area contributed by atoms with E-state index < -0.39 is 0 Å². The molecule has 0 saturated carbocycles. The second kappa shape index (κ2) is 8.79. The van der Waals surface area contributed by atoms with Crippen LogP contribution >= 0.6 is 0 Å². The van der Waals surface area contributed by atoms with E-state index in [9.17, 15) is 4.79 Å². The largest absolute Gasteiger partial charge is 0.350 e. The molecule has 0 spiro atoms. The Labute approximate surface area is 149 Å². The Balaban J connectivity index is 1.69. The second-order valence-electron chi connectivity index (χ2n) is 6.33. The van der Waals surface area contributed by atoms with Crippen LogP contribution in [0, 0.1) is 0 Å².